The van der Waals surface area contributed by atoms with Crippen LogP contribution in [0.3, 0.4) is 0 Å². The Morgan fingerprint density at radius 3 is 2.70 bits per heavy atom. The highest BCUT2D eigenvalue weighted by molar-refractivity contribution is 7.99. The van der Waals surface area contributed by atoms with E-state index in [1.54, 1.807) is 12.1 Å². The number of carbonyl (C=O) groups excluding carboxylic acids is 1. The van der Waals surface area contributed by atoms with Crippen molar-refractivity contribution in [2.75, 3.05) is 5.32 Å². The number of alkyl halides is 2. The quantitative estimate of drug-likeness (QED) is 0.481. The number of nitrogens with one attached hydrogen (secondary N) is 1. The van der Waals surface area contributed by atoms with Gasteiger partial charge in [-0.3, -0.25) is 24.0 Å². The molecule has 12 heteroatoms. The molecule has 0 radical (unpaired) electrons. The molecule has 0 fully saturated rings. The highest BCUT2D eigenvalue weighted by Gasteiger charge is 2.15. The lowest BCUT2D eigenvalue weighted by atomic mass is 10.2. The zero-order valence-corrected chi connectivity index (χ0v) is 17.2. The molecule has 0 saturated heterocycles. The fraction of sp³-hybridized carbons (Fsp3) is 0.167. The minimum atomic E-state index is -2.53. The van der Waals surface area contributed by atoms with Crippen LogP contribution in [0.4, 0.5) is 13.9 Å². The highest BCUT2D eigenvalue weighted by atomic mass is 32.2. The van der Waals surface area contributed by atoms with Gasteiger partial charge in [0.2, 0.25) is 0 Å². The van der Waals surface area contributed by atoms with Crippen LogP contribution >= 0.6 is 23.1 Å². The lowest BCUT2D eigenvalue weighted by molar-refractivity contribution is 0.102. The molecule has 4 rings (SSSR count). The van der Waals surface area contributed by atoms with Crippen molar-refractivity contribution in [3.8, 4) is 0 Å². The number of aromatic nitrogens is 4. The van der Waals surface area contributed by atoms with Crippen molar-refractivity contribution in [2.45, 2.75) is 10.7 Å². The van der Waals surface area contributed by atoms with Crippen LogP contribution in [0.15, 0.2) is 44.9 Å². The number of fused-ring (bicyclic) bond motifs is 2. The summed E-state index contributed by atoms with van der Waals surface area (Å²) in [6.45, 7) is 0. The van der Waals surface area contributed by atoms with Crippen molar-refractivity contribution in [3.05, 3.63) is 56.9 Å². The molecule has 8 nitrogen and oxygen atoms in total. The lowest BCUT2D eigenvalue weighted by Gasteiger charge is -2.07. The van der Waals surface area contributed by atoms with Gasteiger partial charge in [0.1, 0.15) is 5.65 Å². The number of pyridine rings is 1. The smallest absolute Gasteiger partial charge is 0.298 e. The molecular weight excluding hydrogens is 436 g/mol. The van der Waals surface area contributed by atoms with E-state index in [9.17, 15) is 23.2 Å². The predicted octanol–water partition coefficient (Wildman–Crippen LogP) is 2.81. The zero-order chi connectivity index (χ0) is 21.6. The first kappa shape index (κ1) is 20.2. The molecule has 30 heavy (non-hydrogen) atoms. The summed E-state index contributed by atoms with van der Waals surface area (Å²) < 4.78 is 27.9. The number of amides is 1. The number of hydrogen-bond donors (Lipinski definition) is 1. The van der Waals surface area contributed by atoms with Gasteiger partial charge in [0, 0.05) is 25.2 Å². The maximum absolute atomic E-state index is 12.6. The second-order valence-electron chi connectivity index (χ2n) is 6.28. The molecule has 0 saturated carbocycles. The molecule has 1 N–H and O–H groups in total. The summed E-state index contributed by atoms with van der Waals surface area (Å²) in [6.07, 6.45) is 1.27. The number of nitrogens with zero attached hydrogens (tertiary/aromatic N) is 4. The fourth-order valence-corrected chi connectivity index (χ4v) is 4.41. The summed E-state index contributed by atoms with van der Waals surface area (Å²) in [5.41, 5.74) is -0.222. The molecule has 4 aromatic rings. The number of benzene rings is 1. The lowest BCUT2D eigenvalue weighted by Crippen LogP contribution is -2.37. The van der Waals surface area contributed by atoms with Gasteiger partial charge < -0.3 is 0 Å². The normalized spacial score (nSPS) is 11.5. The third-order valence-electron chi connectivity index (χ3n) is 4.36. The van der Waals surface area contributed by atoms with Crippen LogP contribution < -0.4 is 16.6 Å². The molecule has 154 valence electrons. The van der Waals surface area contributed by atoms with Crippen LogP contribution in [0.2, 0.25) is 0 Å². The monoisotopic (exact) mass is 449 g/mol. The van der Waals surface area contributed by atoms with Gasteiger partial charge in [0.25, 0.3) is 17.2 Å². The van der Waals surface area contributed by atoms with Crippen LogP contribution in [0.1, 0.15) is 10.4 Å². The maximum atomic E-state index is 12.6. The van der Waals surface area contributed by atoms with E-state index >= 15 is 0 Å². The number of anilines is 1. The van der Waals surface area contributed by atoms with Crippen LogP contribution in [-0.4, -0.2) is 30.8 Å². The van der Waals surface area contributed by atoms with E-state index in [1.807, 2.05) is 0 Å². The van der Waals surface area contributed by atoms with Crippen molar-refractivity contribution in [1.82, 2.24) is 19.1 Å². The summed E-state index contributed by atoms with van der Waals surface area (Å²) in [5.74, 6) is -3.07. The molecule has 0 aliphatic rings. The first-order valence-electron chi connectivity index (χ1n) is 8.47. The Kier molecular flexibility index (Phi) is 5.12. The number of halogens is 2. The summed E-state index contributed by atoms with van der Waals surface area (Å²) in [6, 6.07) is 6.09. The maximum Gasteiger partial charge on any atom is 0.332 e. The highest BCUT2D eigenvalue weighted by Crippen LogP contribution is 2.32. The van der Waals surface area contributed by atoms with Crippen LogP contribution in [0.5, 0.6) is 0 Å². The Balaban J connectivity index is 1.66. The van der Waals surface area contributed by atoms with Gasteiger partial charge in [-0.15, -0.1) is 0 Å². The van der Waals surface area contributed by atoms with Crippen molar-refractivity contribution in [3.63, 3.8) is 0 Å². The number of thiazole rings is 1. The van der Waals surface area contributed by atoms with Gasteiger partial charge in [-0.25, -0.2) is 14.8 Å². The van der Waals surface area contributed by atoms with Crippen molar-refractivity contribution in [2.24, 2.45) is 14.1 Å². The van der Waals surface area contributed by atoms with E-state index < -0.39 is 22.9 Å². The topological polar surface area (TPSA) is 98.9 Å². The molecule has 0 aliphatic carbocycles. The Hall–Kier alpha value is -3.12. The third kappa shape index (κ3) is 3.59. The van der Waals surface area contributed by atoms with Crippen LogP contribution in [0, 0.1) is 0 Å². The van der Waals surface area contributed by atoms with Crippen molar-refractivity contribution >= 4 is 55.4 Å². The molecule has 0 unspecified atom stereocenters. The van der Waals surface area contributed by atoms with E-state index in [4.69, 9.17) is 0 Å². The van der Waals surface area contributed by atoms with Gasteiger partial charge in [-0.1, -0.05) is 23.1 Å². The van der Waals surface area contributed by atoms with Gasteiger partial charge in [-0.05, 0) is 24.3 Å². The zero-order valence-electron chi connectivity index (χ0n) is 15.6. The summed E-state index contributed by atoms with van der Waals surface area (Å²) in [4.78, 5) is 45.8. The second-order valence-corrected chi connectivity index (χ2v) is 8.38. The number of thioether (sulfide) groups is 1. The third-order valence-corrected chi connectivity index (χ3v) is 6.00. The van der Waals surface area contributed by atoms with Crippen molar-refractivity contribution < 1.29 is 13.6 Å². The standard InChI is InChI=1S/C18H13F2N5O3S2/c1-24-13-10(15(27)25(2)18(24)28)5-8(7-21-13)14(26)23-17-22-11-4-3-9(29-16(19)20)6-12(11)30-17/h3-7,16H,1-2H3,(H,22,23,26). The van der Waals surface area contributed by atoms with Gasteiger partial charge in [0.05, 0.1) is 21.2 Å². The Labute approximate surface area is 175 Å². The van der Waals surface area contributed by atoms with E-state index in [0.717, 1.165) is 15.9 Å². The minimum Gasteiger partial charge on any atom is -0.298 e. The molecule has 0 bridgehead atoms. The Bertz CT molecular complexity index is 1430. The van der Waals surface area contributed by atoms with E-state index in [1.165, 1.54) is 37.0 Å². The van der Waals surface area contributed by atoms with E-state index in [-0.39, 0.29) is 21.7 Å². The van der Waals surface area contributed by atoms with Crippen molar-refractivity contribution in [1.29, 1.82) is 0 Å². The number of carbonyl (C=O) groups is 1. The van der Waals surface area contributed by atoms with E-state index in [2.05, 4.69) is 15.3 Å². The summed E-state index contributed by atoms with van der Waals surface area (Å²) in [7, 11) is 2.83. The molecule has 0 atom stereocenters. The average molecular weight is 449 g/mol. The average Bonchev–Trinajstić information content (AvgIpc) is 3.11. The first-order valence-corrected chi connectivity index (χ1v) is 10.2. The largest absolute Gasteiger partial charge is 0.332 e. The Morgan fingerprint density at radius 2 is 1.97 bits per heavy atom. The first-order chi connectivity index (χ1) is 14.2. The molecule has 3 aromatic heterocycles. The SMILES string of the molecule is Cn1c(=O)c2cc(C(=O)Nc3nc4ccc(SC(F)F)cc4s3)cnc2n(C)c1=O. The van der Waals surface area contributed by atoms with Crippen LogP contribution in [-0.2, 0) is 14.1 Å². The predicted molar refractivity (Wildman–Crippen MR) is 112 cm³/mol. The summed E-state index contributed by atoms with van der Waals surface area (Å²) in [5, 5.41) is 3.04. The van der Waals surface area contributed by atoms with E-state index in [0.29, 0.717) is 26.9 Å². The van der Waals surface area contributed by atoms with Gasteiger partial charge in [0.15, 0.2) is 5.13 Å². The molecule has 0 spiro atoms. The fourth-order valence-electron chi connectivity index (χ4n) is 2.89. The number of hydrogen-bond acceptors (Lipinski definition) is 7. The number of aryl methyl sites for hydroxylation is 1. The molecule has 1 amide bonds. The summed E-state index contributed by atoms with van der Waals surface area (Å²) >= 11 is 1.58. The minimum absolute atomic E-state index is 0.117. The molecule has 3 heterocycles. The van der Waals surface area contributed by atoms with Crippen LogP contribution in [0.25, 0.3) is 21.3 Å². The Morgan fingerprint density at radius 1 is 1.20 bits per heavy atom. The van der Waals surface area contributed by atoms with Gasteiger partial charge >= 0.3 is 5.69 Å². The molecule has 1 aromatic carbocycles. The molecule has 0 aliphatic heterocycles. The molecular formula is C18H13F2N5O3S2. The second kappa shape index (κ2) is 7.61. The van der Waals surface area contributed by atoms with Gasteiger partial charge in [-0.2, -0.15) is 8.78 Å². The number of rotatable bonds is 4.